The average molecular weight is 293 g/mol. The number of aromatic nitrogens is 2. The van der Waals surface area contributed by atoms with Gasteiger partial charge < -0.3 is 15.0 Å². The van der Waals surface area contributed by atoms with Gasteiger partial charge in [0, 0.05) is 12.6 Å². The molecule has 0 spiro atoms. The maximum absolute atomic E-state index is 6.01. The van der Waals surface area contributed by atoms with Crippen LogP contribution in [0.5, 0.6) is 5.75 Å². The van der Waals surface area contributed by atoms with E-state index in [0.29, 0.717) is 5.95 Å². The topological polar surface area (TPSA) is 53.1 Å². The van der Waals surface area contributed by atoms with Gasteiger partial charge in [-0.3, -0.25) is 0 Å². The number of unbranched alkanes of at least 4 members (excludes halogenated alkanes) is 3. The Kier molecular flexibility index (Phi) is 5.59. The third-order valence-corrected chi connectivity index (χ3v) is 4.16. The van der Waals surface area contributed by atoms with Crippen molar-refractivity contribution < 1.29 is 4.74 Å². The second kappa shape index (κ2) is 7.43. The van der Waals surface area contributed by atoms with E-state index in [1.807, 2.05) is 30.0 Å². The van der Waals surface area contributed by atoms with Gasteiger partial charge in [0.05, 0.1) is 18.1 Å². The zero-order valence-electron chi connectivity index (χ0n) is 12.3. The minimum Gasteiger partial charge on any atom is -0.497 e. The molecule has 2 rings (SSSR count). The average Bonchev–Trinajstić information content (AvgIpc) is 2.77. The highest BCUT2D eigenvalue weighted by Crippen LogP contribution is 2.23. The second-order valence-electron chi connectivity index (χ2n) is 4.88. The van der Waals surface area contributed by atoms with E-state index in [4.69, 9.17) is 10.5 Å². The van der Waals surface area contributed by atoms with Crippen molar-refractivity contribution in [3.8, 4) is 5.75 Å². The maximum Gasteiger partial charge on any atom is 0.201 e. The monoisotopic (exact) mass is 293 g/mol. The number of anilines is 1. The lowest BCUT2D eigenvalue weighted by atomic mass is 10.2. The van der Waals surface area contributed by atoms with E-state index in [-0.39, 0.29) is 0 Å². The molecule has 0 atom stereocenters. The molecule has 0 radical (unpaired) electrons. The number of hydrogen-bond donors (Lipinski definition) is 1. The largest absolute Gasteiger partial charge is 0.497 e. The van der Waals surface area contributed by atoms with Crippen LogP contribution in [-0.2, 0) is 6.54 Å². The Morgan fingerprint density at radius 3 is 2.80 bits per heavy atom. The van der Waals surface area contributed by atoms with Crippen molar-refractivity contribution in [1.82, 2.24) is 9.55 Å². The van der Waals surface area contributed by atoms with Crippen LogP contribution in [0.2, 0.25) is 0 Å². The molecule has 20 heavy (non-hydrogen) atoms. The third kappa shape index (κ3) is 3.60. The molecule has 1 aromatic heterocycles. The Morgan fingerprint density at radius 2 is 2.05 bits per heavy atom. The molecule has 0 saturated carbocycles. The molecule has 1 heterocycles. The van der Waals surface area contributed by atoms with Gasteiger partial charge in [0.25, 0.3) is 0 Å². The molecule has 0 amide bonds. The van der Waals surface area contributed by atoms with Gasteiger partial charge in [-0.2, -0.15) is 11.8 Å². The smallest absolute Gasteiger partial charge is 0.201 e. The molecule has 1 aromatic carbocycles. The number of aryl methyl sites for hydroxylation is 1. The van der Waals surface area contributed by atoms with Crippen LogP contribution in [-0.4, -0.2) is 28.7 Å². The molecule has 0 aliphatic heterocycles. The Morgan fingerprint density at radius 1 is 1.25 bits per heavy atom. The fourth-order valence-corrected chi connectivity index (χ4v) is 2.85. The van der Waals surface area contributed by atoms with Crippen molar-refractivity contribution in [2.45, 2.75) is 32.2 Å². The minimum atomic E-state index is 0.595. The van der Waals surface area contributed by atoms with E-state index in [2.05, 4.69) is 15.8 Å². The molecule has 0 aliphatic carbocycles. The number of benzene rings is 1. The number of hydrogen-bond acceptors (Lipinski definition) is 4. The molecule has 4 nitrogen and oxygen atoms in total. The summed E-state index contributed by atoms with van der Waals surface area (Å²) in [5.74, 6) is 2.67. The van der Waals surface area contributed by atoms with Crippen LogP contribution in [0.4, 0.5) is 5.95 Å². The van der Waals surface area contributed by atoms with E-state index in [1.54, 1.807) is 7.11 Å². The minimum absolute atomic E-state index is 0.595. The third-order valence-electron chi connectivity index (χ3n) is 3.47. The SMILES string of the molecule is COc1ccc2c(c1)nc(N)n2CCCCCCSC. The number of nitrogens with two attached hydrogens (primary N) is 1. The number of ether oxygens (including phenoxy) is 1. The van der Waals surface area contributed by atoms with Crippen molar-refractivity contribution >= 4 is 28.7 Å². The van der Waals surface area contributed by atoms with Crippen molar-refractivity contribution in [3.05, 3.63) is 18.2 Å². The number of imidazole rings is 1. The maximum atomic E-state index is 6.01. The predicted octanol–water partition coefficient (Wildman–Crippen LogP) is 3.55. The van der Waals surface area contributed by atoms with Crippen LogP contribution in [0.25, 0.3) is 11.0 Å². The van der Waals surface area contributed by atoms with E-state index in [0.717, 1.165) is 29.7 Å². The van der Waals surface area contributed by atoms with Crippen LogP contribution in [0.15, 0.2) is 18.2 Å². The Bertz CT molecular complexity index is 553. The molecule has 2 aromatic rings. The standard InChI is InChI=1S/C15H23N3OS/c1-19-12-7-8-14-13(11-12)17-15(16)18(14)9-5-3-4-6-10-20-2/h7-8,11H,3-6,9-10H2,1-2H3,(H2,16,17). The van der Waals surface area contributed by atoms with E-state index < -0.39 is 0 Å². The van der Waals surface area contributed by atoms with E-state index in [9.17, 15) is 0 Å². The number of methoxy groups -OCH3 is 1. The van der Waals surface area contributed by atoms with Crippen molar-refractivity contribution in [3.63, 3.8) is 0 Å². The summed E-state index contributed by atoms with van der Waals surface area (Å²) in [6.45, 7) is 0.938. The van der Waals surface area contributed by atoms with Gasteiger partial charge >= 0.3 is 0 Å². The summed E-state index contributed by atoms with van der Waals surface area (Å²) >= 11 is 1.92. The lowest BCUT2D eigenvalue weighted by Crippen LogP contribution is -2.03. The van der Waals surface area contributed by atoms with Gasteiger partial charge in [0.15, 0.2) is 0 Å². The van der Waals surface area contributed by atoms with Crippen LogP contribution < -0.4 is 10.5 Å². The molecule has 5 heteroatoms. The molecule has 110 valence electrons. The Hall–Kier alpha value is -1.36. The van der Waals surface area contributed by atoms with Gasteiger partial charge in [-0.25, -0.2) is 4.98 Å². The number of thioether (sulfide) groups is 1. The van der Waals surface area contributed by atoms with E-state index in [1.165, 1.54) is 25.0 Å². The Labute approximate surface area is 124 Å². The molecular weight excluding hydrogens is 270 g/mol. The molecule has 2 N–H and O–H groups in total. The molecule has 0 saturated heterocycles. The summed E-state index contributed by atoms with van der Waals surface area (Å²) in [5, 5.41) is 0. The molecule has 0 bridgehead atoms. The second-order valence-corrected chi connectivity index (χ2v) is 5.87. The molecule has 0 aliphatic rings. The number of fused-ring (bicyclic) bond motifs is 1. The zero-order valence-corrected chi connectivity index (χ0v) is 13.1. The van der Waals surface area contributed by atoms with Gasteiger partial charge in [-0.1, -0.05) is 12.8 Å². The van der Waals surface area contributed by atoms with Crippen LogP contribution in [0, 0.1) is 0 Å². The van der Waals surface area contributed by atoms with Gasteiger partial charge in [-0.15, -0.1) is 0 Å². The fraction of sp³-hybridized carbons (Fsp3) is 0.533. The lowest BCUT2D eigenvalue weighted by molar-refractivity contribution is 0.415. The first-order chi connectivity index (χ1) is 9.76. The number of nitrogen functional groups attached to an aromatic ring is 1. The number of nitrogens with zero attached hydrogens (tertiary/aromatic N) is 2. The van der Waals surface area contributed by atoms with Gasteiger partial charge in [-0.05, 0) is 37.0 Å². The Balaban J connectivity index is 1.97. The zero-order chi connectivity index (χ0) is 14.4. The van der Waals surface area contributed by atoms with E-state index >= 15 is 0 Å². The van der Waals surface area contributed by atoms with Crippen molar-refractivity contribution in [2.24, 2.45) is 0 Å². The van der Waals surface area contributed by atoms with Gasteiger partial charge in [0.1, 0.15) is 5.75 Å². The number of rotatable bonds is 8. The van der Waals surface area contributed by atoms with Crippen LogP contribution in [0.1, 0.15) is 25.7 Å². The molecule has 0 fully saturated rings. The van der Waals surface area contributed by atoms with Crippen LogP contribution >= 0.6 is 11.8 Å². The summed E-state index contributed by atoms with van der Waals surface area (Å²) < 4.78 is 7.32. The highest BCUT2D eigenvalue weighted by molar-refractivity contribution is 7.98. The summed E-state index contributed by atoms with van der Waals surface area (Å²) in [7, 11) is 1.66. The predicted molar refractivity (Wildman–Crippen MR) is 87.5 cm³/mol. The normalized spacial score (nSPS) is 11.1. The van der Waals surface area contributed by atoms with Gasteiger partial charge in [0.2, 0.25) is 5.95 Å². The highest BCUT2D eigenvalue weighted by Gasteiger charge is 2.08. The van der Waals surface area contributed by atoms with Crippen molar-refractivity contribution in [2.75, 3.05) is 24.9 Å². The first-order valence-corrected chi connectivity index (χ1v) is 8.44. The molecule has 0 unspecified atom stereocenters. The fourth-order valence-electron chi connectivity index (χ4n) is 2.36. The van der Waals surface area contributed by atoms with Crippen LogP contribution in [0.3, 0.4) is 0 Å². The highest BCUT2D eigenvalue weighted by atomic mass is 32.2. The lowest BCUT2D eigenvalue weighted by Gasteiger charge is -2.06. The summed E-state index contributed by atoms with van der Waals surface area (Å²) in [4.78, 5) is 4.41. The molecular formula is C15H23N3OS. The first kappa shape index (κ1) is 15.0. The quantitative estimate of drug-likeness (QED) is 0.756. The summed E-state index contributed by atoms with van der Waals surface area (Å²) in [6.07, 6.45) is 7.15. The summed E-state index contributed by atoms with van der Waals surface area (Å²) in [6, 6.07) is 5.92. The first-order valence-electron chi connectivity index (χ1n) is 7.05. The summed E-state index contributed by atoms with van der Waals surface area (Å²) in [5.41, 5.74) is 8.01. The van der Waals surface area contributed by atoms with Crippen molar-refractivity contribution in [1.29, 1.82) is 0 Å².